The number of fused-ring (bicyclic) bond motifs is 1. The molecule has 2 amide bonds. The predicted octanol–water partition coefficient (Wildman–Crippen LogP) is 5.63. The van der Waals surface area contributed by atoms with Crippen LogP contribution in [0.3, 0.4) is 0 Å². The second kappa shape index (κ2) is 13.8. The summed E-state index contributed by atoms with van der Waals surface area (Å²) in [5.74, 6) is 0.311. The molecule has 4 rings (SSSR count). The number of carbonyl (C=O) groups excluding carboxylic acids is 2. The summed E-state index contributed by atoms with van der Waals surface area (Å²) in [4.78, 5) is 39.6. The first kappa shape index (κ1) is 30.3. The number of benzene rings is 2. The van der Waals surface area contributed by atoms with E-state index >= 15 is 4.39 Å². The summed E-state index contributed by atoms with van der Waals surface area (Å²) in [6.07, 6.45) is 7.80. The molecule has 0 unspecified atom stereocenters. The molecule has 8 nitrogen and oxygen atoms in total. The van der Waals surface area contributed by atoms with Gasteiger partial charge in [-0.25, -0.2) is 19.4 Å². The Labute approximate surface area is 246 Å². The Kier molecular flexibility index (Phi) is 9.96. The standard InChI is InChI=1S/C33H37FN6O2/c1-5-11-40(12-6-2)33(42)27-15-28-29(34)16-26(17-30(28)39-31(35)18-27)23-7-8-24(25(14-23)9-10-36-20-41)19-32-37-21(3)13-22(4)38-32/h7-10,13-17,20H,5-6,11-12,18-19H2,1-4H3,(H2,35,39)(H,36,41)/b10-9-. The lowest BCUT2D eigenvalue weighted by molar-refractivity contribution is -0.127. The molecule has 0 aliphatic carbocycles. The highest BCUT2D eigenvalue weighted by Crippen LogP contribution is 2.35. The summed E-state index contributed by atoms with van der Waals surface area (Å²) in [5, 5.41) is 2.54. The Balaban J connectivity index is 1.74. The van der Waals surface area contributed by atoms with Crippen molar-refractivity contribution in [2.24, 2.45) is 10.7 Å². The number of aryl methyl sites for hydroxylation is 2. The lowest BCUT2D eigenvalue weighted by Gasteiger charge is -2.22. The van der Waals surface area contributed by atoms with Gasteiger partial charge in [-0.05, 0) is 85.4 Å². The Bertz CT molecular complexity index is 1550. The minimum atomic E-state index is -0.490. The first-order chi connectivity index (χ1) is 20.2. The molecule has 0 atom stereocenters. The van der Waals surface area contributed by atoms with E-state index in [1.807, 2.05) is 52.0 Å². The van der Waals surface area contributed by atoms with Gasteiger partial charge in [0.05, 0.1) is 5.69 Å². The zero-order chi connectivity index (χ0) is 30.2. The van der Waals surface area contributed by atoms with E-state index in [-0.39, 0.29) is 23.7 Å². The van der Waals surface area contributed by atoms with Crippen molar-refractivity contribution in [3.63, 3.8) is 0 Å². The van der Waals surface area contributed by atoms with Crippen molar-refractivity contribution in [1.82, 2.24) is 20.2 Å². The highest BCUT2D eigenvalue weighted by atomic mass is 19.1. The van der Waals surface area contributed by atoms with Gasteiger partial charge in [-0.1, -0.05) is 26.0 Å². The lowest BCUT2D eigenvalue weighted by Crippen LogP contribution is -2.34. The molecule has 1 aromatic heterocycles. The Morgan fingerprint density at radius 1 is 1.05 bits per heavy atom. The van der Waals surface area contributed by atoms with Gasteiger partial charge >= 0.3 is 0 Å². The van der Waals surface area contributed by atoms with Crippen molar-refractivity contribution in [1.29, 1.82) is 0 Å². The van der Waals surface area contributed by atoms with Crippen molar-refractivity contribution in [3.05, 3.63) is 87.9 Å². The second-order valence-corrected chi connectivity index (χ2v) is 10.4. The normalized spacial score (nSPS) is 12.8. The molecule has 218 valence electrons. The van der Waals surface area contributed by atoms with E-state index in [0.717, 1.165) is 40.9 Å². The fourth-order valence-corrected chi connectivity index (χ4v) is 5.13. The molecule has 0 saturated heterocycles. The molecule has 3 aromatic rings. The number of halogens is 1. The van der Waals surface area contributed by atoms with Gasteiger partial charge in [-0.3, -0.25) is 9.59 Å². The van der Waals surface area contributed by atoms with Crippen LogP contribution >= 0.6 is 0 Å². The zero-order valence-electron chi connectivity index (χ0n) is 24.6. The van der Waals surface area contributed by atoms with Crippen LogP contribution in [0.4, 0.5) is 10.1 Å². The van der Waals surface area contributed by atoms with Crippen LogP contribution in [-0.4, -0.2) is 46.1 Å². The van der Waals surface area contributed by atoms with E-state index in [1.165, 1.54) is 6.07 Å². The average Bonchev–Trinajstić information content (AvgIpc) is 3.11. The fraction of sp³-hybridized carbons (Fsp3) is 0.303. The second-order valence-electron chi connectivity index (χ2n) is 10.4. The average molecular weight is 569 g/mol. The number of amidine groups is 1. The molecular formula is C33H37FN6O2. The third kappa shape index (κ3) is 7.34. The van der Waals surface area contributed by atoms with Crippen LogP contribution in [0.25, 0.3) is 23.3 Å². The van der Waals surface area contributed by atoms with Crippen molar-refractivity contribution in [2.75, 3.05) is 13.1 Å². The maximum atomic E-state index is 15.7. The van der Waals surface area contributed by atoms with E-state index in [2.05, 4.69) is 20.3 Å². The van der Waals surface area contributed by atoms with Gasteiger partial charge in [0.25, 0.3) is 0 Å². The number of nitrogens with two attached hydrogens (primary N) is 1. The van der Waals surface area contributed by atoms with Gasteiger partial charge in [0, 0.05) is 54.7 Å². The number of rotatable bonds is 11. The maximum Gasteiger partial charge on any atom is 0.250 e. The Hall–Kier alpha value is -4.66. The molecule has 0 saturated carbocycles. The van der Waals surface area contributed by atoms with Gasteiger partial charge in [0.15, 0.2) is 0 Å². The zero-order valence-corrected chi connectivity index (χ0v) is 24.6. The van der Waals surface area contributed by atoms with Crippen LogP contribution in [0, 0.1) is 19.7 Å². The van der Waals surface area contributed by atoms with Gasteiger partial charge in [0.2, 0.25) is 12.3 Å². The number of carbonyl (C=O) groups is 2. The summed E-state index contributed by atoms with van der Waals surface area (Å²) in [7, 11) is 0. The van der Waals surface area contributed by atoms with Crippen molar-refractivity contribution in [3.8, 4) is 11.1 Å². The quantitative estimate of drug-likeness (QED) is 0.291. The van der Waals surface area contributed by atoms with E-state index in [4.69, 9.17) is 5.73 Å². The minimum Gasteiger partial charge on any atom is -0.387 e. The number of hydrogen-bond acceptors (Lipinski definition) is 6. The monoisotopic (exact) mass is 568 g/mol. The van der Waals surface area contributed by atoms with E-state index < -0.39 is 5.82 Å². The molecule has 42 heavy (non-hydrogen) atoms. The third-order valence-corrected chi connectivity index (χ3v) is 6.89. The summed E-state index contributed by atoms with van der Waals surface area (Å²) >= 11 is 0. The molecule has 1 aliphatic heterocycles. The number of aromatic nitrogens is 2. The largest absolute Gasteiger partial charge is 0.387 e. The van der Waals surface area contributed by atoms with Gasteiger partial charge in [-0.15, -0.1) is 0 Å². The number of nitrogens with one attached hydrogen (secondary N) is 1. The molecular weight excluding hydrogens is 531 g/mol. The molecule has 2 heterocycles. The van der Waals surface area contributed by atoms with Crippen LogP contribution in [0.15, 0.2) is 53.2 Å². The van der Waals surface area contributed by atoms with Crippen LogP contribution in [0.5, 0.6) is 0 Å². The van der Waals surface area contributed by atoms with Gasteiger partial charge in [0.1, 0.15) is 17.5 Å². The highest BCUT2D eigenvalue weighted by Gasteiger charge is 2.23. The SMILES string of the molecule is CCCN(CCC)C(=O)C1=Cc2c(F)cc(-c3ccc(Cc4nc(C)cc(C)n4)c(/C=C\NC=O)c3)cc2N=C(N)C1. The van der Waals surface area contributed by atoms with E-state index in [1.54, 1.807) is 29.3 Å². The van der Waals surface area contributed by atoms with E-state index in [9.17, 15) is 9.59 Å². The lowest BCUT2D eigenvalue weighted by atomic mass is 9.95. The number of nitrogens with zero attached hydrogens (tertiary/aromatic N) is 4. The van der Waals surface area contributed by atoms with E-state index in [0.29, 0.717) is 48.6 Å². The van der Waals surface area contributed by atoms with Crippen LogP contribution in [0.1, 0.15) is 67.0 Å². The number of amides is 2. The molecule has 2 aromatic carbocycles. The summed E-state index contributed by atoms with van der Waals surface area (Å²) < 4.78 is 15.7. The van der Waals surface area contributed by atoms with Crippen molar-refractivity contribution < 1.29 is 14.0 Å². The third-order valence-electron chi connectivity index (χ3n) is 6.89. The predicted molar refractivity (Wildman–Crippen MR) is 165 cm³/mol. The van der Waals surface area contributed by atoms with Crippen LogP contribution < -0.4 is 11.1 Å². The van der Waals surface area contributed by atoms with Gasteiger partial charge < -0.3 is 16.0 Å². The molecule has 0 bridgehead atoms. The summed E-state index contributed by atoms with van der Waals surface area (Å²) in [5.41, 5.74) is 12.2. The summed E-state index contributed by atoms with van der Waals surface area (Å²) in [6, 6.07) is 10.9. The minimum absolute atomic E-state index is 0.142. The molecule has 9 heteroatoms. The molecule has 1 aliphatic rings. The van der Waals surface area contributed by atoms with Crippen LogP contribution in [0.2, 0.25) is 0 Å². The smallest absolute Gasteiger partial charge is 0.250 e. The van der Waals surface area contributed by atoms with Crippen molar-refractivity contribution >= 4 is 36.0 Å². The highest BCUT2D eigenvalue weighted by molar-refractivity contribution is 6.05. The Morgan fingerprint density at radius 2 is 1.76 bits per heavy atom. The number of hydrogen-bond donors (Lipinski definition) is 2. The Morgan fingerprint density at radius 3 is 2.43 bits per heavy atom. The first-order valence-electron chi connectivity index (χ1n) is 14.2. The fourth-order valence-electron chi connectivity index (χ4n) is 5.13. The first-order valence-corrected chi connectivity index (χ1v) is 14.2. The topological polar surface area (TPSA) is 114 Å². The van der Waals surface area contributed by atoms with Crippen molar-refractivity contribution in [2.45, 2.75) is 53.4 Å². The van der Waals surface area contributed by atoms with Gasteiger partial charge in [-0.2, -0.15) is 0 Å². The number of aliphatic imine (C=N–C) groups is 1. The molecule has 3 N–H and O–H groups in total. The molecule has 0 radical (unpaired) electrons. The van der Waals surface area contributed by atoms with Crippen LogP contribution in [-0.2, 0) is 16.0 Å². The summed E-state index contributed by atoms with van der Waals surface area (Å²) in [6.45, 7) is 9.15. The molecule has 0 fully saturated rings. The maximum absolute atomic E-state index is 15.7. The molecule has 0 spiro atoms.